The van der Waals surface area contributed by atoms with Crippen molar-refractivity contribution in [3.63, 3.8) is 0 Å². The fourth-order valence-electron chi connectivity index (χ4n) is 2.41. The Morgan fingerprint density at radius 3 is 2.68 bits per heavy atom. The molecule has 1 atom stereocenters. The van der Waals surface area contributed by atoms with E-state index in [1.54, 1.807) is 6.07 Å². The number of hydrogen-bond donors (Lipinski definition) is 1. The number of halogens is 2. The summed E-state index contributed by atoms with van der Waals surface area (Å²) in [7, 11) is 1.50. The maximum Gasteiger partial charge on any atom is 0.165 e. The van der Waals surface area contributed by atoms with Gasteiger partial charge in [-0.05, 0) is 6.07 Å². The van der Waals surface area contributed by atoms with Crippen molar-refractivity contribution in [2.45, 2.75) is 6.04 Å². The fourth-order valence-corrected chi connectivity index (χ4v) is 2.41. The van der Waals surface area contributed by atoms with Crippen LogP contribution in [0.15, 0.2) is 30.9 Å². The predicted molar refractivity (Wildman–Crippen MR) is 77.6 cm³/mol. The van der Waals surface area contributed by atoms with Crippen LogP contribution >= 0.6 is 12.4 Å². The Kier molecular flexibility index (Phi) is 6.28. The highest BCUT2D eigenvalue weighted by atomic mass is 35.5. The topological polar surface area (TPSA) is 24.5 Å². The summed E-state index contributed by atoms with van der Waals surface area (Å²) < 4.78 is 18.9. The van der Waals surface area contributed by atoms with E-state index in [-0.39, 0.29) is 24.3 Å². The van der Waals surface area contributed by atoms with Gasteiger partial charge in [0.1, 0.15) is 0 Å². The van der Waals surface area contributed by atoms with Gasteiger partial charge in [0, 0.05) is 31.7 Å². The quantitative estimate of drug-likeness (QED) is 0.860. The number of nitrogens with one attached hydrogen (secondary N) is 1. The predicted octanol–water partition coefficient (Wildman–Crippen LogP) is 2.39. The number of para-hydroxylation sites is 1. The van der Waals surface area contributed by atoms with Crippen molar-refractivity contribution >= 4 is 12.4 Å². The number of benzene rings is 1. The minimum absolute atomic E-state index is 0. The van der Waals surface area contributed by atoms with Crippen LogP contribution in [0.3, 0.4) is 0 Å². The van der Waals surface area contributed by atoms with Gasteiger partial charge >= 0.3 is 0 Å². The Bertz CT molecular complexity index is 422. The first-order valence-corrected chi connectivity index (χ1v) is 6.17. The van der Waals surface area contributed by atoms with Gasteiger partial charge in [0.25, 0.3) is 0 Å². The molecule has 0 spiro atoms. The van der Waals surface area contributed by atoms with Crippen LogP contribution < -0.4 is 10.1 Å². The van der Waals surface area contributed by atoms with Crippen molar-refractivity contribution in [2.75, 3.05) is 33.3 Å². The highest BCUT2D eigenvalue weighted by molar-refractivity contribution is 5.85. The smallest absolute Gasteiger partial charge is 0.165 e. The van der Waals surface area contributed by atoms with E-state index in [4.69, 9.17) is 4.74 Å². The van der Waals surface area contributed by atoms with Crippen LogP contribution in [-0.4, -0.2) is 38.2 Å². The van der Waals surface area contributed by atoms with Crippen LogP contribution in [0.2, 0.25) is 0 Å². The minimum Gasteiger partial charge on any atom is -0.493 e. The molecule has 1 aliphatic heterocycles. The Morgan fingerprint density at radius 1 is 1.42 bits per heavy atom. The van der Waals surface area contributed by atoms with Crippen molar-refractivity contribution in [2.24, 2.45) is 0 Å². The monoisotopic (exact) mass is 286 g/mol. The van der Waals surface area contributed by atoms with Gasteiger partial charge in [-0.3, -0.25) is 4.90 Å². The Morgan fingerprint density at radius 2 is 2.11 bits per heavy atom. The van der Waals surface area contributed by atoms with Gasteiger partial charge in [-0.15, -0.1) is 19.0 Å². The molecule has 1 aliphatic rings. The van der Waals surface area contributed by atoms with Crippen molar-refractivity contribution in [3.8, 4) is 5.75 Å². The zero-order chi connectivity index (χ0) is 13.0. The molecule has 3 nitrogen and oxygen atoms in total. The number of nitrogens with zero attached hydrogens (tertiary/aromatic N) is 1. The molecule has 106 valence electrons. The summed E-state index contributed by atoms with van der Waals surface area (Å²) in [6, 6.07) is 5.03. The normalized spacial score (nSPS) is 17.4. The van der Waals surface area contributed by atoms with Crippen molar-refractivity contribution in [1.82, 2.24) is 10.2 Å². The van der Waals surface area contributed by atoms with Crippen LogP contribution in [0.4, 0.5) is 4.39 Å². The Balaban J connectivity index is 0.00000180. The number of ether oxygens (including phenoxy) is 1. The third-order valence-electron chi connectivity index (χ3n) is 3.29. The van der Waals surface area contributed by atoms with Crippen molar-refractivity contribution in [3.05, 3.63) is 42.2 Å². The summed E-state index contributed by atoms with van der Waals surface area (Å²) in [4.78, 5) is 2.28. The standard InChI is InChI=1S/C14H19FN2O.ClH/c1-3-13(17-9-7-16-8-10-17)11-5-4-6-12(15)14(11)18-2;/h3-6,13,16H,1,7-10H2,2H3;1H/t13-;/m1./s1. The molecular weight excluding hydrogens is 267 g/mol. The van der Waals surface area contributed by atoms with E-state index in [2.05, 4.69) is 16.8 Å². The van der Waals surface area contributed by atoms with E-state index in [9.17, 15) is 4.39 Å². The first kappa shape index (κ1) is 16.0. The van der Waals surface area contributed by atoms with Gasteiger partial charge in [0.05, 0.1) is 13.2 Å². The molecule has 0 radical (unpaired) electrons. The van der Waals surface area contributed by atoms with Crippen LogP contribution in [0.1, 0.15) is 11.6 Å². The lowest BCUT2D eigenvalue weighted by Crippen LogP contribution is -2.44. The lowest BCUT2D eigenvalue weighted by Gasteiger charge is -2.34. The average molecular weight is 287 g/mol. The molecule has 0 unspecified atom stereocenters. The number of piperazine rings is 1. The van der Waals surface area contributed by atoms with E-state index in [0.29, 0.717) is 5.75 Å². The largest absolute Gasteiger partial charge is 0.493 e. The van der Waals surface area contributed by atoms with Crippen LogP contribution in [0.25, 0.3) is 0 Å². The van der Waals surface area contributed by atoms with Gasteiger partial charge in [0.15, 0.2) is 11.6 Å². The second-order valence-electron chi connectivity index (χ2n) is 4.33. The van der Waals surface area contributed by atoms with E-state index in [0.717, 1.165) is 31.7 Å². The molecule has 0 saturated carbocycles. The molecule has 5 heteroatoms. The SMILES string of the molecule is C=C[C@H](c1cccc(F)c1OC)N1CCNCC1.Cl. The molecule has 1 fully saturated rings. The molecule has 2 rings (SSSR count). The lowest BCUT2D eigenvalue weighted by molar-refractivity contribution is 0.199. The fraction of sp³-hybridized carbons (Fsp3) is 0.429. The maximum atomic E-state index is 13.7. The van der Waals surface area contributed by atoms with E-state index in [1.807, 2.05) is 12.1 Å². The molecule has 0 aliphatic carbocycles. The average Bonchev–Trinajstić information content (AvgIpc) is 2.41. The minimum atomic E-state index is -0.322. The molecule has 19 heavy (non-hydrogen) atoms. The van der Waals surface area contributed by atoms with Gasteiger partial charge in [-0.25, -0.2) is 4.39 Å². The second kappa shape index (κ2) is 7.48. The summed E-state index contributed by atoms with van der Waals surface area (Å²) in [6.45, 7) is 7.62. The molecule has 1 N–H and O–H groups in total. The molecule has 1 aromatic rings. The van der Waals surface area contributed by atoms with E-state index >= 15 is 0 Å². The summed E-state index contributed by atoms with van der Waals surface area (Å²) in [5.41, 5.74) is 0.842. The third kappa shape index (κ3) is 3.47. The molecular formula is C14H20ClFN2O. The first-order chi connectivity index (χ1) is 8.77. The zero-order valence-corrected chi connectivity index (χ0v) is 11.9. The first-order valence-electron chi connectivity index (χ1n) is 6.17. The van der Waals surface area contributed by atoms with Crippen molar-refractivity contribution in [1.29, 1.82) is 0 Å². The number of hydrogen-bond acceptors (Lipinski definition) is 3. The molecule has 0 amide bonds. The second-order valence-corrected chi connectivity index (χ2v) is 4.33. The van der Waals surface area contributed by atoms with Crippen molar-refractivity contribution < 1.29 is 9.13 Å². The Hall–Kier alpha value is -1.10. The van der Waals surface area contributed by atoms with Crippen LogP contribution in [0.5, 0.6) is 5.75 Å². The highest BCUT2D eigenvalue weighted by Crippen LogP contribution is 2.32. The molecule has 1 saturated heterocycles. The van der Waals surface area contributed by atoms with Gasteiger partial charge in [-0.2, -0.15) is 0 Å². The molecule has 0 bridgehead atoms. The van der Waals surface area contributed by atoms with Gasteiger partial charge < -0.3 is 10.1 Å². The Labute approximate surface area is 119 Å². The third-order valence-corrected chi connectivity index (χ3v) is 3.29. The summed E-state index contributed by atoms with van der Waals surface area (Å²) in [5.74, 6) is -0.00193. The van der Waals surface area contributed by atoms with E-state index in [1.165, 1.54) is 13.2 Å². The van der Waals surface area contributed by atoms with Gasteiger partial charge in [-0.1, -0.05) is 18.2 Å². The summed E-state index contributed by atoms with van der Waals surface area (Å²) >= 11 is 0. The van der Waals surface area contributed by atoms with E-state index < -0.39 is 0 Å². The lowest BCUT2D eigenvalue weighted by atomic mass is 10.0. The number of rotatable bonds is 4. The highest BCUT2D eigenvalue weighted by Gasteiger charge is 2.23. The molecule has 1 heterocycles. The van der Waals surface area contributed by atoms with Gasteiger partial charge in [0.2, 0.25) is 0 Å². The summed E-state index contributed by atoms with van der Waals surface area (Å²) in [6.07, 6.45) is 1.85. The van der Waals surface area contributed by atoms with Crippen LogP contribution in [0, 0.1) is 5.82 Å². The van der Waals surface area contributed by atoms with Crippen LogP contribution in [-0.2, 0) is 0 Å². The molecule has 0 aromatic heterocycles. The maximum absolute atomic E-state index is 13.7. The zero-order valence-electron chi connectivity index (χ0n) is 11.1. The summed E-state index contributed by atoms with van der Waals surface area (Å²) in [5, 5.41) is 3.30. The number of methoxy groups -OCH3 is 1. The molecule has 1 aromatic carbocycles.